The van der Waals surface area contributed by atoms with Gasteiger partial charge in [0.05, 0.1) is 34.8 Å². The van der Waals surface area contributed by atoms with Crippen molar-refractivity contribution in [2.75, 3.05) is 0 Å². The summed E-state index contributed by atoms with van der Waals surface area (Å²) in [7, 11) is 3.92. The molecule has 1 amide bonds. The second-order valence-electron chi connectivity index (χ2n) is 12.8. The summed E-state index contributed by atoms with van der Waals surface area (Å²) >= 11 is 0. The Hall–Kier alpha value is -4.53. The molecule has 0 aliphatic heterocycles. The number of hydrogen-bond acceptors (Lipinski definition) is 4. The molecular formula is C36H36F2N4O3. The van der Waals surface area contributed by atoms with E-state index in [1.165, 1.54) is 6.92 Å². The first-order valence-corrected chi connectivity index (χ1v) is 15.6. The molecule has 7 nitrogen and oxygen atoms in total. The lowest BCUT2D eigenvalue weighted by Crippen LogP contribution is -2.52. The van der Waals surface area contributed by atoms with Gasteiger partial charge in [0.1, 0.15) is 5.82 Å². The molecule has 2 fully saturated rings. The first-order chi connectivity index (χ1) is 21.6. The van der Waals surface area contributed by atoms with Gasteiger partial charge in [0, 0.05) is 49.0 Å². The van der Waals surface area contributed by atoms with Gasteiger partial charge in [-0.05, 0) is 92.5 Å². The number of ketones is 1. The number of aryl methyl sites for hydroxylation is 2. The van der Waals surface area contributed by atoms with Crippen LogP contribution in [0.1, 0.15) is 85.1 Å². The van der Waals surface area contributed by atoms with E-state index in [0.29, 0.717) is 18.4 Å². The summed E-state index contributed by atoms with van der Waals surface area (Å²) in [4.78, 5) is 30.3. The van der Waals surface area contributed by atoms with Gasteiger partial charge in [-0.3, -0.25) is 9.59 Å². The molecular weight excluding hydrogens is 574 g/mol. The molecule has 7 rings (SSSR count). The van der Waals surface area contributed by atoms with Gasteiger partial charge >= 0.3 is 0 Å². The second-order valence-corrected chi connectivity index (χ2v) is 12.8. The minimum Gasteiger partial charge on any atom is -0.472 e. The van der Waals surface area contributed by atoms with Crippen LogP contribution in [-0.2, 0) is 24.4 Å². The van der Waals surface area contributed by atoms with Gasteiger partial charge < -0.3 is 18.9 Å². The van der Waals surface area contributed by atoms with E-state index in [1.807, 2.05) is 61.1 Å². The predicted molar refractivity (Wildman–Crippen MR) is 170 cm³/mol. The molecule has 2 aliphatic carbocycles. The van der Waals surface area contributed by atoms with Gasteiger partial charge in [0.2, 0.25) is 5.92 Å². The molecule has 0 atom stereocenters. The SMILES string of the molecule is CC(=O)/C=C/c1ccc2nc(C3(NC(=O)c4ccc5c(C6CCC(F)(F)CC6)c(-c6ccoc6)n(C)c5c4)CCC3)n(C)c2c1. The first-order valence-electron chi connectivity index (χ1n) is 15.6. The zero-order chi connectivity index (χ0) is 31.5. The molecule has 232 valence electrons. The maximum absolute atomic E-state index is 14.1. The highest BCUT2D eigenvalue weighted by Gasteiger charge is 2.44. The molecule has 3 heterocycles. The topological polar surface area (TPSA) is 82.1 Å². The number of fused-ring (bicyclic) bond motifs is 2. The summed E-state index contributed by atoms with van der Waals surface area (Å²) in [6.07, 6.45) is 9.75. The van der Waals surface area contributed by atoms with E-state index < -0.39 is 11.5 Å². The molecule has 0 unspecified atom stereocenters. The molecule has 0 spiro atoms. The number of carbonyl (C=O) groups excluding carboxylic acids is 2. The van der Waals surface area contributed by atoms with Crippen molar-refractivity contribution in [2.45, 2.75) is 69.2 Å². The molecule has 0 saturated heterocycles. The summed E-state index contributed by atoms with van der Waals surface area (Å²) in [5.41, 5.74) is 6.37. The Morgan fingerprint density at radius 2 is 1.78 bits per heavy atom. The molecule has 45 heavy (non-hydrogen) atoms. The Bertz CT molecular complexity index is 1970. The van der Waals surface area contributed by atoms with E-state index in [1.54, 1.807) is 24.7 Å². The highest BCUT2D eigenvalue weighted by atomic mass is 19.3. The maximum atomic E-state index is 14.1. The van der Waals surface area contributed by atoms with Gasteiger partial charge in [-0.1, -0.05) is 18.2 Å². The number of carbonyl (C=O) groups is 2. The minimum atomic E-state index is -2.62. The van der Waals surface area contributed by atoms with Crippen molar-refractivity contribution < 1.29 is 22.8 Å². The van der Waals surface area contributed by atoms with Crippen molar-refractivity contribution in [1.29, 1.82) is 0 Å². The van der Waals surface area contributed by atoms with E-state index in [0.717, 1.165) is 69.4 Å². The number of rotatable bonds is 7. The highest BCUT2D eigenvalue weighted by molar-refractivity contribution is 6.01. The summed E-state index contributed by atoms with van der Waals surface area (Å²) < 4.78 is 37.7. The molecule has 9 heteroatoms. The Morgan fingerprint density at radius 3 is 2.44 bits per heavy atom. The molecule has 1 N–H and O–H groups in total. The van der Waals surface area contributed by atoms with Crippen molar-refractivity contribution in [3.8, 4) is 11.3 Å². The van der Waals surface area contributed by atoms with Gasteiger partial charge in [-0.15, -0.1) is 0 Å². The van der Waals surface area contributed by atoms with Crippen molar-refractivity contribution in [1.82, 2.24) is 19.4 Å². The van der Waals surface area contributed by atoms with Crippen molar-refractivity contribution in [3.63, 3.8) is 0 Å². The number of aromatic nitrogens is 3. The normalized spacial score (nSPS) is 18.1. The Morgan fingerprint density at radius 1 is 1.00 bits per heavy atom. The lowest BCUT2D eigenvalue weighted by molar-refractivity contribution is -0.112. The van der Waals surface area contributed by atoms with E-state index >= 15 is 0 Å². The summed E-state index contributed by atoms with van der Waals surface area (Å²) in [5.74, 6) is -2.01. The Balaban J connectivity index is 1.23. The fourth-order valence-electron chi connectivity index (χ4n) is 7.27. The van der Waals surface area contributed by atoms with E-state index in [-0.39, 0.29) is 30.4 Å². The number of furan rings is 1. The zero-order valence-corrected chi connectivity index (χ0v) is 25.7. The lowest BCUT2D eigenvalue weighted by Gasteiger charge is -2.41. The molecule has 5 aromatic rings. The maximum Gasteiger partial charge on any atom is 0.252 e. The smallest absolute Gasteiger partial charge is 0.252 e. The number of nitrogens with zero attached hydrogens (tertiary/aromatic N) is 3. The van der Waals surface area contributed by atoms with Gasteiger partial charge in [-0.2, -0.15) is 0 Å². The number of nitrogens with one attached hydrogen (secondary N) is 1. The van der Waals surface area contributed by atoms with Crippen molar-refractivity contribution in [3.05, 3.63) is 83.6 Å². The average molecular weight is 611 g/mol. The largest absolute Gasteiger partial charge is 0.472 e. The number of hydrogen-bond donors (Lipinski definition) is 1. The van der Waals surface area contributed by atoms with Crippen LogP contribution >= 0.6 is 0 Å². The lowest BCUT2D eigenvalue weighted by atomic mass is 9.75. The molecule has 2 saturated carbocycles. The summed E-state index contributed by atoms with van der Waals surface area (Å²) in [6, 6.07) is 13.5. The number of allylic oxidation sites excluding steroid dienone is 1. The number of imidazole rings is 1. The fourth-order valence-corrected chi connectivity index (χ4v) is 7.27. The third-order valence-electron chi connectivity index (χ3n) is 9.83. The third kappa shape index (κ3) is 5.08. The van der Waals surface area contributed by atoms with Crippen LogP contribution in [0.4, 0.5) is 8.78 Å². The highest BCUT2D eigenvalue weighted by Crippen LogP contribution is 2.47. The molecule has 0 radical (unpaired) electrons. The van der Waals surface area contributed by atoms with Crippen LogP contribution in [0.2, 0.25) is 0 Å². The number of alkyl halides is 2. The van der Waals surface area contributed by atoms with Crippen LogP contribution in [0.25, 0.3) is 39.3 Å². The number of halogens is 2. The van der Waals surface area contributed by atoms with Crippen molar-refractivity contribution >= 4 is 39.7 Å². The Labute approximate surface area is 259 Å². The van der Waals surface area contributed by atoms with E-state index in [9.17, 15) is 18.4 Å². The van der Waals surface area contributed by atoms with Gasteiger partial charge in [0.25, 0.3) is 5.91 Å². The van der Waals surface area contributed by atoms with Crippen LogP contribution in [-0.4, -0.2) is 31.7 Å². The molecule has 0 bridgehead atoms. The molecule has 2 aliphatic rings. The molecule has 2 aromatic carbocycles. The monoisotopic (exact) mass is 610 g/mol. The standard InChI is InChI=1S/C36H36F2N4O3/c1-22(43)5-6-23-7-10-28-30(19-23)42(3)34(39-28)35(14-4-15-35)40-33(44)25-8-9-27-29(20-25)41(2)32(26-13-18-45-21-26)31(27)24-11-16-36(37,38)17-12-24/h5-10,13,18-21,24H,4,11-12,14-17H2,1-3H3,(H,40,44)/b6-5+. The second kappa shape index (κ2) is 10.8. The van der Waals surface area contributed by atoms with Crippen LogP contribution in [0.15, 0.2) is 65.5 Å². The zero-order valence-electron chi connectivity index (χ0n) is 25.7. The Kier molecular flexibility index (Phi) is 7.02. The fraction of sp³-hybridized carbons (Fsp3) is 0.361. The van der Waals surface area contributed by atoms with Gasteiger partial charge in [0.15, 0.2) is 5.78 Å². The molecule has 3 aromatic heterocycles. The predicted octanol–water partition coefficient (Wildman–Crippen LogP) is 8.03. The quantitative estimate of drug-likeness (QED) is 0.189. The van der Waals surface area contributed by atoms with Crippen LogP contribution in [0, 0.1) is 0 Å². The van der Waals surface area contributed by atoms with Gasteiger partial charge in [-0.25, -0.2) is 13.8 Å². The first kappa shape index (κ1) is 29.2. The minimum absolute atomic E-state index is 0.00726. The summed E-state index contributed by atoms with van der Waals surface area (Å²) in [5, 5.41) is 4.31. The third-order valence-corrected chi connectivity index (χ3v) is 9.83. The number of benzene rings is 2. The summed E-state index contributed by atoms with van der Waals surface area (Å²) in [6.45, 7) is 1.52. The van der Waals surface area contributed by atoms with Crippen LogP contribution in [0.5, 0.6) is 0 Å². The van der Waals surface area contributed by atoms with Crippen LogP contribution < -0.4 is 5.32 Å². The van der Waals surface area contributed by atoms with Crippen molar-refractivity contribution in [2.24, 2.45) is 14.1 Å². The average Bonchev–Trinajstić information content (AvgIpc) is 3.71. The van der Waals surface area contributed by atoms with Crippen LogP contribution in [0.3, 0.4) is 0 Å². The van der Waals surface area contributed by atoms with E-state index in [2.05, 4.69) is 9.88 Å². The number of amides is 1. The van der Waals surface area contributed by atoms with E-state index in [4.69, 9.17) is 9.40 Å².